The summed E-state index contributed by atoms with van der Waals surface area (Å²) in [6.07, 6.45) is -1.19. The number of alkyl halides is 3. The number of aromatic nitrogens is 2. The highest BCUT2D eigenvalue weighted by atomic mass is 19.4. The Morgan fingerprint density at radius 2 is 1.70 bits per heavy atom. The van der Waals surface area contributed by atoms with Gasteiger partial charge in [-0.1, -0.05) is 12.1 Å². The lowest BCUT2D eigenvalue weighted by Crippen LogP contribution is -2.06. The Bertz CT molecular complexity index is 567. The number of nitrogens with zero attached hydrogens (tertiary/aromatic N) is 2. The van der Waals surface area contributed by atoms with E-state index in [2.05, 4.69) is 20.6 Å². The van der Waals surface area contributed by atoms with Crippen LogP contribution < -0.4 is 10.6 Å². The van der Waals surface area contributed by atoms with Gasteiger partial charge in [0.05, 0.1) is 18.0 Å². The van der Waals surface area contributed by atoms with E-state index >= 15 is 0 Å². The normalized spacial score (nSPS) is 11.2. The number of halogens is 3. The number of nitrogens with one attached hydrogen (secondary N) is 2. The molecule has 0 radical (unpaired) electrons. The second kappa shape index (κ2) is 5.77. The zero-order valence-corrected chi connectivity index (χ0v) is 10.7. The van der Waals surface area contributed by atoms with E-state index in [1.807, 2.05) is 0 Å². The van der Waals surface area contributed by atoms with Crippen molar-refractivity contribution in [2.75, 3.05) is 17.7 Å². The Labute approximate surface area is 114 Å². The molecule has 2 aromatic rings. The van der Waals surface area contributed by atoms with Crippen molar-refractivity contribution in [3.63, 3.8) is 0 Å². The van der Waals surface area contributed by atoms with Gasteiger partial charge in [0.2, 0.25) is 0 Å². The van der Waals surface area contributed by atoms with Crippen LogP contribution >= 0.6 is 0 Å². The van der Waals surface area contributed by atoms with Gasteiger partial charge in [-0.15, -0.1) is 0 Å². The quantitative estimate of drug-likeness (QED) is 0.904. The van der Waals surface area contributed by atoms with E-state index in [-0.39, 0.29) is 0 Å². The Balaban J connectivity index is 2.00. The fourth-order valence-corrected chi connectivity index (χ4v) is 1.58. The van der Waals surface area contributed by atoms with E-state index < -0.39 is 11.7 Å². The Kier molecular flexibility index (Phi) is 4.07. The predicted molar refractivity (Wildman–Crippen MR) is 70.3 cm³/mol. The van der Waals surface area contributed by atoms with Crippen molar-refractivity contribution in [3.05, 3.63) is 47.8 Å². The van der Waals surface area contributed by atoms with E-state index in [9.17, 15) is 13.2 Å². The van der Waals surface area contributed by atoms with Gasteiger partial charge in [-0.2, -0.15) is 13.2 Å². The van der Waals surface area contributed by atoms with E-state index in [0.717, 1.165) is 17.7 Å². The molecule has 0 aliphatic heterocycles. The highest BCUT2D eigenvalue weighted by Crippen LogP contribution is 2.29. The summed E-state index contributed by atoms with van der Waals surface area (Å²) in [6.45, 7) is 0.375. The van der Waals surface area contributed by atoms with E-state index in [1.54, 1.807) is 19.4 Å². The molecule has 1 heterocycles. The number of rotatable bonds is 4. The summed E-state index contributed by atoms with van der Waals surface area (Å²) < 4.78 is 37.2. The molecular weight excluding hydrogens is 269 g/mol. The van der Waals surface area contributed by atoms with Gasteiger partial charge in [0.25, 0.3) is 0 Å². The summed E-state index contributed by atoms with van der Waals surface area (Å²) in [5.41, 5.74) is 0.0767. The largest absolute Gasteiger partial charge is 0.416 e. The van der Waals surface area contributed by atoms with Gasteiger partial charge < -0.3 is 10.6 Å². The second-order valence-corrected chi connectivity index (χ2v) is 4.09. The third-order valence-corrected chi connectivity index (χ3v) is 2.65. The topological polar surface area (TPSA) is 49.8 Å². The number of anilines is 2. The fourth-order valence-electron chi connectivity index (χ4n) is 1.58. The number of hydrogen-bond donors (Lipinski definition) is 2. The molecule has 0 aliphatic rings. The van der Waals surface area contributed by atoms with Crippen molar-refractivity contribution in [2.45, 2.75) is 12.7 Å². The first kappa shape index (κ1) is 14.1. The molecule has 0 saturated heterocycles. The summed E-state index contributed by atoms with van der Waals surface area (Å²) in [5.74, 6) is 1.17. The maximum Gasteiger partial charge on any atom is 0.416 e. The molecule has 1 aromatic carbocycles. The molecular formula is C13H13F3N4. The summed E-state index contributed by atoms with van der Waals surface area (Å²) in [7, 11) is 1.73. The van der Waals surface area contributed by atoms with Crippen molar-refractivity contribution >= 4 is 11.6 Å². The van der Waals surface area contributed by atoms with Crippen LogP contribution in [0.3, 0.4) is 0 Å². The lowest BCUT2D eigenvalue weighted by atomic mass is 10.1. The van der Waals surface area contributed by atoms with Crippen LogP contribution in [0.2, 0.25) is 0 Å². The molecule has 0 saturated carbocycles. The van der Waals surface area contributed by atoms with Gasteiger partial charge in [-0.05, 0) is 17.7 Å². The highest BCUT2D eigenvalue weighted by molar-refractivity contribution is 5.41. The molecule has 106 valence electrons. The molecule has 0 spiro atoms. The van der Waals surface area contributed by atoms with Crippen LogP contribution in [0.5, 0.6) is 0 Å². The molecule has 0 fully saturated rings. The van der Waals surface area contributed by atoms with Crippen LogP contribution in [-0.4, -0.2) is 17.0 Å². The van der Waals surface area contributed by atoms with Gasteiger partial charge in [0.15, 0.2) is 0 Å². The van der Waals surface area contributed by atoms with Gasteiger partial charge in [-0.25, -0.2) is 4.98 Å². The minimum absolute atomic E-state index is 0.375. The lowest BCUT2D eigenvalue weighted by Gasteiger charge is -2.09. The van der Waals surface area contributed by atoms with Crippen molar-refractivity contribution in [2.24, 2.45) is 0 Å². The molecule has 2 rings (SSSR count). The molecule has 0 unspecified atom stereocenters. The molecule has 1 aromatic heterocycles. The summed E-state index contributed by atoms with van der Waals surface area (Å²) >= 11 is 0. The van der Waals surface area contributed by atoms with Gasteiger partial charge in [0, 0.05) is 13.6 Å². The molecule has 0 aliphatic carbocycles. The molecule has 4 nitrogen and oxygen atoms in total. The van der Waals surface area contributed by atoms with Crippen LogP contribution in [0.1, 0.15) is 11.1 Å². The predicted octanol–water partition coefficient (Wildman–Crippen LogP) is 3.15. The molecule has 7 heteroatoms. The van der Waals surface area contributed by atoms with Crippen LogP contribution in [0.25, 0.3) is 0 Å². The van der Waals surface area contributed by atoms with E-state index in [0.29, 0.717) is 18.2 Å². The van der Waals surface area contributed by atoms with E-state index in [1.165, 1.54) is 12.1 Å². The first-order valence-electron chi connectivity index (χ1n) is 5.89. The summed E-state index contributed by atoms with van der Waals surface area (Å²) in [5, 5.41) is 5.85. The van der Waals surface area contributed by atoms with Crippen LogP contribution in [-0.2, 0) is 12.7 Å². The standard InChI is InChI=1S/C13H13F3N4/c1-17-11-7-18-8-12(20-11)19-6-9-2-4-10(5-3-9)13(14,15)16/h2-5,7-8H,6H2,1H3,(H2,17,19,20). The molecule has 0 bridgehead atoms. The average Bonchev–Trinajstić information content (AvgIpc) is 2.45. The van der Waals surface area contributed by atoms with Crippen molar-refractivity contribution in [1.29, 1.82) is 0 Å². The number of hydrogen-bond acceptors (Lipinski definition) is 4. The van der Waals surface area contributed by atoms with Crippen LogP contribution in [0.4, 0.5) is 24.8 Å². The lowest BCUT2D eigenvalue weighted by molar-refractivity contribution is -0.137. The molecule has 0 atom stereocenters. The Morgan fingerprint density at radius 1 is 1.05 bits per heavy atom. The van der Waals surface area contributed by atoms with Crippen molar-refractivity contribution in [3.8, 4) is 0 Å². The summed E-state index contributed by atoms with van der Waals surface area (Å²) in [4.78, 5) is 8.18. The minimum atomic E-state index is -4.31. The fraction of sp³-hybridized carbons (Fsp3) is 0.231. The zero-order chi connectivity index (χ0) is 14.6. The van der Waals surface area contributed by atoms with Crippen molar-refractivity contribution < 1.29 is 13.2 Å². The number of benzene rings is 1. The van der Waals surface area contributed by atoms with Gasteiger partial charge >= 0.3 is 6.18 Å². The third-order valence-electron chi connectivity index (χ3n) is 2.65. The third kappa shape index (κ3) is 3.59. The van der Waals surface area contributed by atoms with Crippen LogP contribution in [0, 0.1) is 0 Å². The van der Waals surface area contributed by atoms with Crippen LogP contribution in [0.15, 0.2) is 36.7 Å². The monoisotopic (exact) mass is 282 g/mol. The SMILES string of the molecule is CNc1cncc(NCc2ccc(C(F)(F)F)cc2)n1. The maximum atomic E-state index is 12.4. The Morgan fingerprint density at radius 3 is 2.30 bits per heavy atom. The molecule has 20 heavy (non-hydrogen) atoms. The first-order valence-corrected chi connectivity index (χ1v) is 5.89. The maximum absolute atomic E-state index is 12.4. The first-order chi connectivity index (χ1) is 9.49. The minimum Gasteiger partial charge on any atom is -0.372 e. The van der Waals surface area contributed by atoms with Crippen molar-refractivity contribution in [1.82, 2.24) is 9.97 Å². The average molecular weight is 282 g/mol. The molecule has 0 amide bonds. The zero-order valence-electron chi connectivity index (χ0n) is 10.7. The molecule has 2 N–H and O–H groups in total. The smallest absolute Gasteiger partial charge is 0.372 e. The Hall–Kier alpha value is -2.31. The summed E-state index contributed by atoms with van der Waals surface area (Å²) in [6, 6.07) is 5.00. The van der Waals surface area contributed by atoms with E-state index in [4.69, 9.17) is 0 Å². The highest BCUT2D eigenvalue weighted by Gasteiger charge is 2.29. The second-order valence-electron chi connectivity index (χ2n) is 4.09. The van der Waals surface area contributed by atoms with Gasteiger partial charge in [0.1, 0.15) is 11.6 Å². The van der Waals surface area contributed by atoms with Gasteiger partial charge in [-0.3, -0.25) is 4.98 Å².